The summed E-state index contributed by atoms with van der Waals surface area (Å²) in [7, 11) is -3.56. The number of benzene rings is 3. The molecule has 0 aliphatic carbocycles. The first kappa shape index (κ1) is 30.9. The molecule has 0 fully saturated rings. The van der Waals surface area contributed by atoms with Gasteiger partial charge in [0.15, 0.2) is 0 Å². The largest absolute Gasteiger partial charge is 0.354 e. The first-order valence-corrected chi connectivity index (χ1v) is 15.6. The van der Waals surface area contributed by atoms with Gasteiger partial charge in [0.05, 0.1) is 11.9 Å². The van der Waals surface area contributed by atoms with Gasteiger partial charge in [-0.2, -0.15) is 0 Å². The maximum Gasteiger partial charge on any atom is 0.243 e. The van der Waals surface area contributed by atoms with E-state index >= 15 is 0 Å². The van der Waals surface area contributed by atoms with Crippen molar-refractivity contribution in [2.75, 3.05) is 23.7 Å². The van der Waals surface area contributed by atoms with Crippen LogP contribution in [0.3, 0.4) is 0 Å². The number of sulfonamides is 1. The third-order valence-electron chi connectivity index (χ3n) is 6.80. The summed E-state index contributed by atoms with van der Waals surface area (Å²) in [4.78, 5) is 28.9. The molecule has 40 heavy (non-hydrogen) atoms. The second kappa shape index (κ2) is 14.7. The molecule has 8 heteroatoms. The van der Waals surface area contributed by atoms with Crippen LogP contribution in [0.1, 0.15) is 48.4 Å². The van der Waals surface area contributed by atoms with Gasteiger partial charge in [0.1, 0.15) is 6.04 Å². The molecule has 0 bridgehead atoms. The molecule has 0 saturated heterocycles. The number of rotatable bonds is 14. The Bertz CT molecular complexity index is 1360. The fourth-order valence-electron chi connectivity index (χ4n) is 4.67. The van der Waals surface area contributed by atoms with Crippen LogP contribution in [-0.4, -0.2) is 50.5 Å². The third-order valence-corrected chi connectivity index (χ3v) is 7.98. The lowest BCUT2D eigenvalue weighted by molar-refractivity contribution is -0.141. The van der Waals surface area contributed by atoms with Gasteiger partial charge in [-0.3, -0.25) is 13.9 Å². The van der Waals surface area contributed by atoms with Gasteiger partial charge in [-0.05, 0) is 55.0 Å². The summed E-state index contributed by atoms with van der Waals surface area (Å²) in [6, 6.07) is 24.3. The van der Waals surface area contributed by atoms with E-state index in [-0.39, 0.29) is 31.3 Å². The number of carbonyl (C=O) groups excluding carboxylic acids is 2. The van der Waals surface area contributed by atoms with Crippen LogP contribution in [-0.2, 0) is 32.6 Å². The van der Waals surface area contributed by atoms with Crippen LogP contribution >= 0.6 is 0 Å². The third kappa shape index (κ3) is 8.95. The second-order valence-corrected chi connectivity index (χ2v) is 12.1. The van der Waals surface area contributed by atoms with Crippen molar-refractivity contribution in [2.24, 2.45) is 0 Å². The van der Waals surface area contributed by atoms with E-state index in [0.29, 0.717) is 25.1 Å². The SMILES string of the molecule is CCCNC(=O)[C@H](Cc1ccccc1)N(Cc1ccccc1)C(=O)CCCN(c1cc(C)ccc1C)S(C)(=O)=O. The monoisotopic (exact) mass is 563 g/mol. The quantitative estimate of drug-likeness (QED) is 0.299. The zero-order valence-electron chi connectivity index (χ0n) is 24.0. The molecule has 214 valence electrons. The van der Waals surface area contributed by atoms with E-state index in [4.69, 9.17) is 0 Å². The fraction of sp³-hybridized carbons (Fsp3) is 0.375. The summed E-state index contributed by atoms with van der Waals surface area (Å²) in [6.45, 7) is 6.76. The Morgan fingerprint density at radius 2 is 1.52 bits per heavy atom. The van der Waals surface area contributed by atoms with E-state index in [1.54, 1.807) is 4.90 Å². The van der Waals surface area contributed by atoms with Crippen molar-refractivity contribution in [1.82, 2.24) is 10.2 Å². The van der Waals surface area contributed by atoms with Crippen molar-refractivity contribution in [3.05, 3.63) is 101 Å². The average Bonchev–Trinajstić information content (AvgIpc) is 2.93. The Morgan fingerprint density at radius 1 is 0.900 bits per heavy atom. The summed E-state index contributed by atoms with van der Waals surface area (Å²) in [5, 5.41) is 2.98. The van der Waals surface area contributed by atoms with Gasteiger partial charge in [-0.1, -0.05) is 79.7 Å². The summed E-state index contributed by atoms with van der Waals surface area (Å²) in [6.07, 6.45) is 2.78. The first-order chi connectivity index (χ1) is 19.1. The minimum atomic E-state index is -3.56. The van der Waals surface area contributed by atoms with E-state index in [2.05, 4.69) is 5.32 Å². The highest BCUT2D eigenvalue weighted by Crippen LogP contribution is 2.25. The molecular formula is C32H41N3O4S. The topological polar surface area (TPSA) is 86.8 Å². The van der Waals surface area contributed by atoms with E-state index in [1.165, 1.54) is 10.6 Å². The lowest BCUT2D eigenvalue weighted by Crippen LogP contribution is -2.50. The molecule has 0 radical (unpaired) electrons. The molecule has 0 spiro atoms. The Kier molecular flexibility index (Phi) is 11.3. The molecular weight excluding hydrogens is 522 g/mol. The maximum atomic E-state index is 13.8. The summed E-state index contributed by atoms with van der Waals surface area (Å²) in [5.41, 5.74) is 4.32. The molecule has 7 nitrogen and oxygen atoms in total. The number of aryl methyl sites for hydroxylation is 2. The number of nitrogens with one attached hydrogen (secondary N) is 1. The molecule has 3 aromatic carbocycles. The van der Waals surface area contributed by atoms with E-state index < -0.39 is 16.1 Å². The molecule has 3 aromatic rings. The molecule has 1 N–H and O–H groups in total. The zero-order valence-corrected chi connectivity index (χ0v) is 24.8. The normalized spacial score (nSPS) is 12.0. The van der Waals surface area contributed by atoms with Gasteiger partial charge >= 0.3 is 0 Å². The number of hydrogen-bond donors (Lipinski definition) is 1. The van der Waals surface area contributed by atoms with Gasteiger partial charge in [-0.15, -0.1) is 0 Å². The van der Waals surface area contributed by atoms with Crippen molar-refractivity contribution in [3.8, 4) is 0 Å². The highest BCUT2D eigenvalue weighted by Gasteiger charge is 2.30. The predicted octanol–water partition coefficient (Wildman–Crippen LogP) is 5.02. The van der Waals surface area contributed by atoms with Gasteiger partial charge in [0.2, 0.25) is 21.8 Å². The van der Waals surface area contributed by atoms with Crippen molar-refractivity contribution in [3.63, 3.8) is 0 Å². The molecule has 0 saturated carbocycles. The molecule has 0 aliphatic rings. The number of nitrogens with zero attached hydrogens (tertiary/aromatic N) is 2. The number of amides is 2. The summed E-state index contributed by atoms with van der Waals surface area (Å²) < 4.78 is 26.8. The number of hydrogen-bond acceptors (Lipinski definition) is 4. The van der Waals surface area contributed by atoms with Crippen LogP contribution in [0.15, 0.2) is 78.9 Å². The minimum Gasteiger partial charge on any atom is -0.354 e. The smallest absolute Gasteiger partial charge is 0.243 e. The highest BCUT2D eigenvalue weighted by atomic mass is 32.2. The molecule has 2 amide bonds. The van der Waals surface area contributed by atoms with E-state index in [9.17, 15) is 18.0 Å². The van der Waals surface area contributed by atoms with Crippen LogP contribution in [0.2, 0.25) is 0 Å². The molecule has 0 aromatic heterocycles. The molecule has 3 rings (SSSR count). The van der Waals surface area contributed by atoms with Gasteiger partial charge in [-0.25, -0.2) is 8.42 Å². The van der Waals surface area contributed by atoms with Crippen LogP contribution in [0, 0.1) is 13.8 Å². The average molecular weight is 564 g/mol. The van der Waals surface area contributed by atoms with Crippen LogP contribution in [0.4, 0.5) is 5.69 Å². The van der Waals surface area contributed by atoms with Crippen molar-refractivity contribution < 1.29 is 18.0 Å². The molecule has 1 atom stereocenters. The van der Waals surface area contributed by atoms with Crippen molar-refractivity contribution >= 4 is 27.5 Å². The molecule has 0 heterocycles. The Hall–Kier alpha value is -3.65. The van der Waals surface area contributed by atoms with E-state index in [0.717, 1.165) is 28.7 Å². The summed E-state index contributed by atoms with van der Waals surface area (Å²) in [5.74, 6) is -0.381. The van der Waals surface area contributed by atoms with Crippen LogP contribution < -0.4 is 9.62 Å². The Morgan fingerprint density at radius 3 is 2.12 bits per heavy atom. The molecule has 0 aliphatic heterocycles. The lowest BCUT2D eigenvalue weighted by atomic mass is 10.0. The lowest BCUT2D eigenvalue weighted by Gasteiger charge is -2.32. The Labute approximate surface area is 239 Å². The van der Waals surface area contributed by atoms with Crippen molar-refractivity contribution in [2.45, 2.75) is 59.0 Å². The van der Waals surface area contributed by atoms with Gasteiger partial charge in [0.25, 0.3) is 0 Å². The van der Waals surface area contributed by atoms with Crippen LogP contribution in [0.25, 0.3) is 0 Å². The Balaban J connectivity index is 1.86. The van der Waals surface area contributed by atoms with E-state index in [1.807, 2.05) is 99.6 Å². The minimum absolute atomic E-state index is 0.107. The van der Waals surface area contributed by atoms with Gasteiger partial charge < -0.3 is 10.2 Å². The number of carbonyl (C=O) groups is 2. The van der Waals surface area contributed by atoms with Crippen molar-refractivity contribution in [1.29, 1.82) is 0 Å². The first-order valence-electron chi connectivity index (χ1n) is 13.8. The highest BCUT2D eigenvalue weighted by molar-refractivity contribution is 7.92. The predicted molar refractivity (Wildman–Crippen MR) is 162 cm³/mol. The van der Waals surface area contributed by atoms with Crippen LogP contribution in [0.5, 0.6) is 0 Å². The van der Waals surface area contributed by atoms with Gasteiger partial charge in [0, 0.05) is 32.5 Å². The zero-order chi connectivity index (χ0) is 29.1. The summed E-state index contributed by atoms with van der Waals surface area (Å²) >= 11 is 0. The second-order valence-electron chi connectivity index (χ2n) is 10.2. The number of anilines is 1. The molecule has 0 unspecified atom stereocenters. The standard InChI is InChI=1S/C32H41N3O4S/c1-5-20-33-32(37)30(23-27-13-8-6-9-14-27)34(24-28-15-10-7-11-16-28)31(36)17-12-21-35(40(4,38)39)29-22-25(2)18-19-26(29)3/h6-11,13-16,18-19,22,30H,5,12,17,20-21,23-24H2,1-4H3,(H,33,37)/t30-/m0/s1. The fourth-order valence-corrected chi connectivity index (χ4v) is 5.69. The maximum absolute atomic E-state index is 13.8.